The van der Waals surface area contributed by atoms with Gasteiger partial charge in [-0.3, -0.25) is 9.69 Å². The zero-order chi connectivity index (χ0) is 17.8. The lowest BCUT2D eigenvalue weighted by atomic mass is 9.99. The minimum absolute atomic E-state index is 0.0547. The third-order valence-corrected chi connectivity index (χ3v) is 5.68. The molecule has 0 fully saturated rings. The van der Waals surface area contributed by atoms with E-state index in [0.717, 1.165) is 22.2 Å². The second-order valence-electron chi connectivity index (χ2n) is 6.13. The van der Waals surface area contributed by atoms with Crippen molar-refractivity contribution in [1.82, 2.24) is 4.98 Å². The maximum absolute atomic E-state index is 12.4. The molecule has 0 radical (unpaired) electrons. The van der Waals surface area contributed by atoms with Crippen LogP contribution in [0.15, 0.2) is 48.5 Å². The predicted octanol–water partition coefficient (Wildman–Crippen LogP) is 5.58. The molecule has 0 saturated heterocycles. The molecule has 2 aromatic carbocycles. The fourth-order valence-corrected chi connectivity index (χ4v) is 3.86. The van der Waals surface area contributed by atoms with E-state index in [0.29, 0.717) is 17.6 Å². The molecule has 0 spiro atoms. The van der Waals surface area contributed by atoms with Crippen LogP contribution in [0.2, 0.25) is 0 Å². The first-order valence-electron chi connectivity index (χ1n) is 8.43. The Balaban J connectivity index is 1.96. The van der Waals surface area contributed by atoms with Crippen LogP contribution in [-0.2, 0) is 11.3 Å². The van der Waals surface area contributed by atoms with Gasteiger partial charge in [0.05, 0.1) is 16.8 Å². The smallest absolute Gasteiger partial charge is 0.244 e. The average molecular weight is 373 g/mol. The first kappa shape index (κ1) is 17.9. The SMILES string of the molecule is CCC(C)c1ccc2nc(N(Cc3ccccc3)C(=O)CCl)sc2c1. The van der Waals surface area contributed by atoms with Crippen molar-refractivity contribution in [3.63, 3.8) is 0 Å². The number of thiazole rings is 1. The molecular weight excluding hydrogens is 352 g/mol. The fourth-order valence-electron chi connectivity index (χ4n) is 2.69. The molecule has 0 aliphatic heterocycles. The fraction of sp³-hybridized carbons (Fsp3) is 0.300. The second kappa shape index (κ2) is 7.98. The van der Waals surface area contributed by atoms with Crippen LogP contribution in [0.3, 0.4) is 0 Å². The zero-order valence-corrected chi connectivity index (χ0v) is 16.0. The van der Waals surface area contributed by atoms with Crippen molar-refractivity contribution in [2.45, 2.75) is 32.7 Å². The van der Waals surface area contributed by atoms with E-state index in [1.165, 1.54) is 5.56 Å². The first-order chi connectivity index (χ1) is 12.1. The van der Waals surface area contributed by atoms with E-state index in [1.807, 2.05) is 36.4 Å². The van der Waals surface area contributed by atoms with E-state index < -0.39 is 0 Å². The van der Waals surface area contributed by atoms with Gasteiger partial charge in [-0.25, -0.2) is 4.98 Å². The summed E-state index contributed by atoms with van der Waals surface area (Å²) in [5.74, 6) is 0.326. The maximum atomic E-state index is 12.4. The van der Waals surface area contributed by atoms with Crippen molar-refractivity contribution in [3.05, 3.63) is 59.7 Å². The first-order valence-corrected chi connectivity index (χ1v) is 9.78. The summed E-state index contributed by atoms with van der Waals surface area (Å²) < 4.78 is 1.10. The minimum atomic E-state index is -0.133. The molecule has 1 atom stereocenters. The van der Waals surface area contributed by atoms with Crippen LogP contribution < -0.4 is 4.90 Å². The van der Waals surface area contributed by atoms with Gasteiger partial charge < -0.3 is 0 Å². The Morgan fingerprint density at radius 3 is 2.68 bits per heavy atom. The topological polar surface area (TPSA) is 33.2 Å². The Kier molecular flexibility index (Phi) is 5.71. The summed E-state index contributed by atoms with van der Waals surface area (Å²) in [5.41, 5.74) is 3.29. The lowest BCUT2D eigenvalue weighted by Crippen LogP contribution is -2.31. The summed E-state index contributed by atoms with van der Waals surface area (Å²) >= 11 is 7.38. The lowest BCUT2D eigenvalue weighted by Gasteiger charge is -2.18. The number of fused-ring (bicyclic) bond motifs is 1. The van der Waals surface area contributed by atoms with Crippen molar-refractivity contribution in [1.29, 1.82) is 0 Å². The lowest BCUT2D eigenvalue weighted by molar-refractivity contribution is -0.116. The van der Waals surface area contributed by atoms with Crippen LogP contribution in [0, 0.1) is 0 Å². The number of hydrogen-bond donors (Lipinski definition) is 0. The molecule has 0 N–H and O–H groups in total. The average Bonchev–Trinajstić information content (AvgIpc) is 3.08. The zero-order valence-electron chi connectivity index (χ0n) is 14.4. The largest absolute Gasteiger partial charge is 0.283 e. The molecule has 25 heavy (non-hydrogen) atoms. The summed E-state index contributed by atoms with van der Waals surface area (Å²) in [4.78, 5) is 18.7. The number of amides is 1. The Labute approximate surface area is 157 Å². The van der Waals surface area contributed by atoms with E-state index in [2.05, 4.69) is 31.0 Å². The van der Waals surface area contributed by atoms with E-state index in [1.54, 1.807) is 16.2 Å². The highest BCUT2D eigenvalue weighted by Crippen LogP contribution is 2.32. The number of alkyl halides is 1. The van der Waals surface area contributed by atoms with Gasteiger partial charge in [-0.2, -0.15) is 0 Å². The summed E-state index contributed by atoms with van der Waals surface area (Å²) in [7, 11) is 0. The predicted molar refractivity (Wildman–Crippen MR) is 107 cm³/mol. The van der Waals surface area contributed by atoms with Gasteiger partial charge in [-0.15, -0.1) is 11.6 Å². The van der Waals surface area contributed by atoms with Gasteiger partial charge in [0.2, 0.25) is 5.91 Å². The highest BCUT2D eigenvalue weighted by Gasteiger charge is 2.19. The van der Waals surface area contributed by atoms with Gasteiger partial charge in [0.25, 0.3) is 0 Å². The molecule has 1 unspecified atom stereocenters. The number of benzene rings is 2. The van der Waals surface area contributed by atoms with Crippen molar-refractivity contribution in [2.75, 3.05) is 10.8 Å². The molecule has 3 aromatic rings. The van der Waals surface area contributed by atoms with Crippen LogP contribution in [0.25, 0.3) is 10.2 Å². The van der Waals surface area contributed by atoms with Crippen molar-refractivity contribution in [2.24, 2.45) is 0 Å². The molecule has 1 amide bonds. The van der Waals surface area contributed by atoms with Gasteiger partial charge in [0.15, 0.2) is 5.13 Å². The van der Waals surface area contributed by atoms with Crippen LogP contribution in [0.4, 0.5) is 5.13 Å². The standard InChI is InChI=1S/C20H21ClN2OS/c1-3-14(2)16-9-10-17-18(11-16)25-20(22-17)23(19(24)12-21)13-15-7-5-4-6-8-15/h4-11,14H,3,12-13H2,1-2H3. The van der Waals surface area contributed by atoms with Gasteiger partial charge in [0, 0.05) is 0 Å². The summed E-state index contributed by atoms with van der Waals surface area (Å²) in [6.45, 7) is 4.89. The molecule has 0 saturated carbocycles. The Hall–Kier alpha value is -1.91. The summed E-state index contributed by atoms with van der Waals surface area (Å²) in [6.07, 6.45) is 1.10. The molecule has 0 aliphatic rings. The van der Waals surface area contributed by atoms with E-state index >= 15 is 0 Å². The maximum Gasteiger partial charge on any atom is 0.244 e. The number of anilines is 1. The Morgan fingerprint density at radius 1 is 1.24 bits per heavy atom. The van der Waals surface area contributed by atoms with Crippen molar-refractivity contribution in [3.8, 4) is 0 Å². The number of hydrogen-bond acceptors (Lipinski definition) is 3. The molecule has 3 rings (SSSR count). The second-order valence-corrected chi connectivity index (χ2v) is 7.41. The normalized spacial score (nSPS) is 12.3. The third-order valence-electron chi connectivity index (χ3n) is 4.41. The van der Waals surface area contributed by atoms with Crippen LogP contribution in [-0.4, -0.2) is 16.8 Å². The molecular formula is C20H21ClN2OS. The number of aromatic nitrogens is 1. The molecule has 0 bridgehead atoms. The van der Waals surface area contributed by atoms with Crippen molar-refractivity contribution < 1.29 is 4.79 Å². The van der Waals surface area contributed by atoms with Gasteiger partial charge >= 0.3 is 0 Å². The molecule has 1 aromatic heterocycles. The van der Waals surface area contributed by atoms with Crippen LogP contribution in [0.1, 0.15) is 37.3 Å². The van der Waals surface area contributed by atoms with Crippen LogP contribution in [0.5, 0.6) is 0 Å². The number of rotatable bonds is 6. The molecule has 130 valence electrons. The molecule has 3 nitrogen and oxygen atoms in total. The number of nitrogens with zero attached hydrogens (tertiary/aromatic N) is 2. The molecule has 1 heterocycles. The number of carbonyl (C=O) groups excluding carboxylic acids is 1. The van der Waals surface area contributed by atoms with E-state index in [9.17, 15) is 4.79 Å². The van der Waals surface area contributed by atoms with Gasteiger partial charge in [-0.1, -0.05) is 61.6 Å². The van der Waals surface area contributed by atoms with Crippen LogP contribution >= 0.6 is 22.9 Å². The number of halogens is 1. The van der Waals surface area contributed by atoms with Gasteiger partial charge in [0.1, 0.15) is 5.88 Å². The summed E-state index contributed by atoms with van der Waals surface area (Å²) in [6, 6.07) is 16.3. The monoisotopic (exact) mass is 372 g/mol. The number of carbonyl (C=O) groups is 1. The van der Waals surface area contributed by atoms with E-state index in [-0.39, 0.29) is 11.8 Å². The van der Waals surface area contributed by atoms with Gasteiger partial charge in [-0.05, 0) is 35.6 Å². The third kappa shape index (κ3) is 4.02. The van der Waals surface area contributed by atoms with Crippen molar-refractivity contribution >= 4 is 44.2 Å². The summed E-state index contributed by atoms with van der Waals surface area (Å²) in [5, 5.41) is 0.700. The highest BCUT2D eigenvalue weighted by atomic mass is 35.5. The molecule has 0 aliphatic carbocycles. The quantitative estimate of drug-likeness (QED) is 0.529. The van der Waals surface area contributed by atoms with E-state index in [4.69, 9.17) is 11.6 Å². The highest BCUT2D eigenvalue weighted by molar-refractivity contribution is 7.22. The Morgan fingerprint density at radius 2 is 2.00 bits per heavy atom. The molecule has 5 heteroatoms. The minimum Gasteiger partial charge on any atom is -0.283 e. The Bertz CT molecular complexity index is 863.